The molecule has 0 radical (unpaired) electrons. The average molecular weight is 292 g/mol. The third kappa shape index (κ3) is 5.66. The molecule has 0 spiro atoms. The van der Waals surface area contributed by atoms with Gasteiger partial charge in [0.1, 0.15) is 0 Å². The predicted octanol–water partition coefficient (Wildman–Crippen LogP) is 1.87. The topological polar surface area (TPSA) is 71.1 Å². The molecule has 1 aromatic rings. The van der Waals surface area contributed by atoms with Crippen LogP contribution in [0.2, 0.25) is 5.02 Å². The Labute approximate surface area is 113 Å². The number of unbranched alkanes of at least 4 members (excludes halogenated alkanes) is 1. The van der Waals surface area contributed by atoms with E-state index in [1.807, 2.05) is 6.92 Å². The lowest BCUT2D eigenvalue weighted by Crippen LogP contribution is -2.19. The van der Waals surface area contributed by atoms with E-state index in [2.05, 4.69) is 15.0 Å². The number of rotatable bonds is 8. The van der Waals surface area contributed by atoms with Gasteiger partial charge in [-0.25, -0.2) is 13.4 Å². The third-order valence-electron chi connectivity index (χ3n) is 2.28. The predicted molar refractivity (Wildman–Crippen MR) is 74.4 cm³/mol. The highest BCUT2D eigenvalue weighted by Crippen LogP contribution is 2.18. The van der Waals surface area contributed by atoms with Gasteiger partial charge in [0.25, 0.3) is 0 Å². The molecular weight excluding hydrogens is 274 g/mol. The lowest BCUT2D eigenvalue weighted by Gasteiger charge is -2.08. The molecule has 0 saturated heterocycles. The fourth-order valence-electron chi connectivity index (χ4n) is 1.38. The van der Waals surface area contributed by atoms with E-state index in [4.69, 9.17) is 11.6 Å². The van der Waals surface area contributed by atoms with Gasteiger partial charge in [-0.2, -0.15) is 0 Å². The van der Waals surface area contributed by atoms with Crippen LogP contribution < -0.4 is 10.0 Å². The molecule has 18 heavy (non-hydrogen) atoms. The first-order valence-electron chi connectivity index (χ1n) is 5.87. The van der Waals surface area contributed by atoms with Crippen molar-refractivity contribution in [1.82, 2.24) is 10.3 Å². The first-order chi connectivity index (χ1) is 8.55. The van der Waals surface area contributed by atoms with Crippen molar-refractivity contribution < 1.29 is 8.42 Å². The van der Waals surface area contributed by atoms with Gasteiger partial charge in [0.15, 0.2) is 5.82 Å². The Morgan fingerprint density at radius 2 is 2.17 bits per heavy atom. The molecular formula is C11H18ClN3O2S. The summed E-state index contributed by atoms with van der Waals surface area (Å²) in [5.41, 5.74) is 0. The van der Waals surface area contributed by atoms with Gasteiger partial charge in [-0.15, -0.1) is 0 Å². The number of aromatic nitrogens is 1. The van der Waals surface area contributed by atoms with E-state index in [-0.39, 0.29) is 11.6 Å². The summed E-state index contributed by atoms with van der Waals surface area (Å²) >= 11 is 5.83. The molecule has 5 nitrogen and oxygen atoms in total. The van der Waals surface area contributed by atoms with Gasteiger partial charge >= 0.3 is 0 Å². The fourth-order valence-corrected chi connectivity index (χ4v) is 2.75. The molecule has 0 aliphatic rings. The Morgan fingerprint density at radius 1 is 1.39 bits per heavy atom. The summed E-state index contributed by atoms with van der Waals surface area (Å²) in [6.45, 7) is 3.74. The van der Waals surface area contributed by atoms with Gasteiger partial charge in [0.05, 0.1) is 10.8 Å². The Kier molecular flexibility index (Phi) is 6.38. The van der Waals surface area contributed by atoms with Gasteiger partial charge in [-0.3, -0.25) is 4.72 Å². The molecule has 0 unspecified atom stereocenters. The van der Waals surface area contributed by atoms with Gasteiger partial charge in [0, 0.05) is 6.20 Å². The molecule has 0 amide bonds. The molecule has 2 N–H and O–H groups in total. The first-order valence-corrected chi connectivity index (χ1v) is 7.90. The molecule has 0 atom stereocenters. The number of nitrogens with one attached hydrogen (secondary N) is 2. The van der Waals surface area contributed by atoms with Crippen molar-refractivity contribution in [2.45, 2.75) is 19.8 Å². The van der Waals surface area contributed by atoms with Crippen molar-refractivity contribution >= 4 is 27.4 Å². The summed E-state index contributed by atoms with van der Waals surface area (Å²) in [6.07, 6.45) is 2.92. The SMILES string of the molecule is CCNCCCCS(=O)(=O)Nc1ncccc1Cl. The van der Waals surface area contributed by atoms with E-state index >= 15 is 0 Å². The van der Waals surface area contributed by atoms with Gasteiger partial charge in [-0.1, -0.05) is 18.5 Å². The Morgan fingerprint density at radius 3 is 2.83 bits per heavy atom. The van der Waals surface area contributed by atoms with Crippen LogP contribution in [0.25, 0.3) is 0 Å². The highest BCUT2D eigenvalue weighted by atomic mass is 35.5. The van der Waals surface area contributed by atoms with E-state index in [1.165, 1.54) is 6.20 Å². The zero-order valence-electron chi connectivity index (χ0n) is 10.3. The van der Waals surface area contributed by atoms with Crippen molar-refractivity contribution in [3.05, 3.63) is 23.4 Å². The maximum absolute atomic E-state index is 11.8. The molecule has 0 aliphatic heterocycles. The molecule has 0 fully saturated rings. The van der Waals surface area contributed by atoms with Crippen LogP contribution in [-0.2, 0) is 10.0 Å². The largest absolute Gasteiger partial charge is 0.317 e. The molecule has 102 valence electrons. The number of sulfonamides is 1. The van der Waals surface area contributed by atoms with Crippen LogP contribution in [0.15, 0.2) is 18.3 Å². The Bertz CT molecular complexity index is 465. The van der Waals surface area contributed by atoms with Crippen LogP contribution in [0.1, 0.15) is 19.8 Å². The van der Waals surface area contributed by atoms with Crippen molar-refractivity contribution in [2.24, 2.45) is 0 Å². The summed E-state index contributed by atoms with van der Waals surface area (Å²) in [5, 5.41) is 3.44. The lowest BCUT2D eigenvalue weighted by atomic mass is 10.3. The fraction of sp³-hybridized carbons (Fsp3) is 0.545. The van der Waals surface area contributed by atoms with Crippen LogP contribution in [0.4, 0.5) is 5.82 Å². The Balaban J connectivity index is 2.43. The second-order valence-electron chi connectivity index (χ2n) is 3.82. The number of pyridine rings is 1. The van der Waals surface area contributed by atoms with Crippen molar-refractivity contribution in [3.63, 3.8) is 0 Å². The van der Waals surface area contributed by atoms with Crippen LogP contribution in [-0.4, -0.2) is 32.2 Å². The summed E-state index contributed by atoms with van der Waals surface area (Å²) in [7, 11) is -3.37. The smallest absolute Gasteiger partial charge is 0.233 e. The highest BCUT2D eigenvalue weighted by Gasteiger charge is 2.12. The van der Waals surface area contributed by atoms with Crippen LogP contribution in [0, 0.1) is 0 Å². The first kappa shape index (κ1) is 15.2. The van der Waals surface area contributed by atoms with Crippen molar-refractivity contribution in [1.29, 1.82) is 0 Å². The van der Waals surface area contributed by atoms with Gasteiger partial charge in [0.2, 0.25) is 10.0 Å². The maximum Gasteiger partial charge on any atom is 0.233 e. The number of halogens is 1. The van der Waals surface area contributed by atoms with Crippen LogP contribution >= 0.6 is 11.6 Å². The number of nitrogens with zero attached hydrogens (tertiary/aromatic N) is 1. The third-order valence-corrected chi connectivity index (χ3v) is 3.91. The molecule has 0 aliphatic carbocycles. The minimum absolute atomic E-state index is 0.0747. The van der Waals surface area contributed by atoms with Gasteiger partial charge < -0.3 is 5.32 Å². The summed E-state index contributed by atoms with van der Waals surface area (Å²) in [6, 6.07) is 3.24. The van der Waals surface area contributed by atoms with E-state index in [0.717, 1.165) is 19.5 Å². The highest BCUT2D eigenvalue weighted by molar-refractivity contribution is 7.92. The normalized spacial score (nSPS) is 11.4. The second kappa shape index (κ2) is 7.56. The van der Waals surface area contributed by atoms with Crippen LogP contribution in [0.3, 0.4) is 0 Å². The molecule has 1 heterocycles. The van der Waals surface area contributed by atoms with E-state index < -0.39 is 10.0 Å². The van der Waals surface area contributed by atoms with Gasteiger partial charge in [-0.05, 0) is 38.1 Å². The van der Waals surface area contributed by atoms with Crippen molar-refractivity contribution in [3.8, 4) is 0 Å². The average Bonchev–Trinajstić information content (AvgIpc) is 2.31. The zero-order chi connectivity index (χ0) is 13.4. The van der Waals surface area contributed by atoms with Crippen LogP contribution in [0.5, 0.6) is 0 Å². The summed E-state index contributed by atoms with van der Waals surface area (Å²) < 4.78 is 25.9. The molecule has 0 bridgehead atoms. The quantitative estimate of drug-likeness (QED) is 0.717. The second-order valence-corrected chi connectivity index (χ2v) is 6.06. The summed E-state index contributed by atoms with van der Waals surface area (Å²) in [4.78, 5) is 3.89. The summed E-state index contributed by atoms with van der Waals surface area (Å²) in [5.74, 6) is 0.261. The molecule has 1 rings (SSSR count). The molecule has 0 saturated carbocycles. The Hall–Kier alpha value is -0.850. The minimum atomic E-state index is -3.37. The number of anilines is 1. The molecule has 0 aromatic carbocycles. The number of hydrogen-bond acceptors (Lipinski definition) is 4. The monoisotopic (exact) mass is 291 g/mol. The molecule has 7 heteroatoms. The van der Waals surface area contributed by atoms with E-state index in [1.54, 1.807) is 12.1 Å². The lowest BCUT2D eigenvalue weighted by molar-refractivity contribution is 0.593. The van der Waals surface area contributed by atoms with Crippen molar-refractivity contribution in [2.75, 3.05) is 23.6 Å². The molecule has 1 aromatic heterocycles. The van der Waals surface area contributed by atoms with E-state index in [0.29, 0.717) is 11.4 Å². The maximum atomic E-state index is 11.8. The van der Waals surface area contributed by atoms with E-state index in [9.17, 15) is 8.42 Å². The zero-order valence-corrected chi connectivity index (χ0v) is 11.9. The number of hydrogen-bond donors (Lipinski definition) is 2. The minimum Gasteiger partial charge on any atom is -0.317 e. The standard InChI is InChI=1S/C11H18ClN3O2S/c1-2-13-7-3-4-9-18(16,17)15-11-10(12)6-5-8-14-11/h5-6,8,13H,2-4,7,9H2,1H3,(H,14,15).